The van der Waals surface area contributed by atoms with Crippen molar-refractivity contribution in [3.8, 4) is 0 Å². The second kappa shape index (κ2) is 6.82. The number of carbonyl (C=O) groups is 1. The van der Waals surface area contributed by atoms with Crippen LogP contribution in [0.1, 0.15) is 40.4 Å². The summed E-state index contributed by atoms with van der Waals surface area (Å²) in [5, 5.41) is 6.56. The first kappa shape index (κ1) is 17.2. The van der Waals surface area contributed by atoms with Gasteiger partial charge in [-0.3, -0.25) is 4.79 Å². The molecule has 1 amide bonds. The Morgan fingerprint density at radius 3 is 2.54 bits per heavy atom. The van der Waals surface area contributed by atoms with Crippen LogP contribution in [0.25, 0.3) is 0 Å². The summed E-state index contributed by atoms with van der Waals surface area (Å²) in [5.41, 5.74) is 2.76. The lowest BCUT2D eigenvalue weighted by Crippen LogP contribution is -2.49. The first-order valence-corrected chi connectivity index (χ1v) is 9.05. The van der Waals surface area contributed by atoms with Gasteiger partial charge in [-0.15, -0.1) is 0 Å². The SMILES string of the molecule is COC1C(NC(=O)c2ccc(F)cc2)c2ccccc2C12CCNCC2. The third-order valence-corrected chi connectivity index (χ3v) is 5.82. The molecule has 0 saturated carbocycles. The highest BCUT2D eigenvalue weighted by molar-refractivity contribution is 5.94. The molecule has 0 radical (unpaired) electrons. The maximum absolute atomic E-state index is 13.1. The highest BCUT2D eigenvalue weighted by Crippen LogP contribution is 2.51. The third-order valence-electron chi connectivity index (χ3n) is 5.82. The molecule has 1 aliphatic heterocycles. The molecule has 2 N–H and O–H groups in total. The Morgan fingerprint density at radius 1 is 1.15 bits per heavy atom. The van der Waals surface area contributed by atoms with Gasteiger partial charge in [-0.05, 0) is 61.3 Å². The van der Waals surface area contributed by atoms with E-state index in [9.17, 15) is 9.18 Å². The van der Waals surface area contributed by atoms with Crippen LogP contribution < -0.4 is 10.6 Å². The van der Waals surface area contributed by atoms with E-state index in [1.165, 1.54) is 29.8 Å². The van der Waals surface area contributed by atoms with Crippen molar-refractivity contribution in [2.75, 3.05) is 20.2 Å². The van der Waals surface area contributed by atoms with Gasteiger partial charge in [0.2, 0.25) is 0 Å². The van der Waals surface area contributed by atoms with E-state index in [0.717, 1.165) is 31.5 Å². The lowest BCUT2D eigenvalue weighted by Gasteiger charge is -2.40. The number of methoxy groups -OCH3 is 1. The zero-order valence-electron chi connectivity index (χ0n) is 14.8. The number of amides is 1. The molecule has 2 atom stereocenters. The van der Waals surface area contributed by atoms with Crippen molar-refractivity contribution in [3.63, 3.8) is 0 Å². The number of benzene rings is 2. The Balaban J connectivity index is 1.69. The van der Waals surface area contributed by atoms with Crippen LogP contribution in [0.5, 0.6) is 0 Å². The summed E-state index contributed by atoms with van der Waals surface area (Å²) in [7, 11) is 1.72. The van der Waals surface area contributed by atoms with Crippen LogP contribution in [-0.4, -0.2) is 32.2 Å². The number of fused-ring (bicyclic) bond motifs is 2. The van der Waals surface area contributed by atoms with Gasteiger partial charge < -0.3 is 15.4 Å². The molecule has 1 spiro atoms. The molecule has 2 aliphatic rings. The molecular formula is C21H23FN2O2. The molecule has 1 fully saturated rings. The predicted molar refractivity (Wildman–Crippen MR) is 97.6 cm³/mol. The van der Waals surface area contributed by atoms with E-state index in [2.05, 4.69) is 28.8 Å². The van der Waals surface area contributed by atoms with E-state index in [4.69, 9.17) is 4.74 Å². The number of hydrogen-bond donors (Lipinski definition) is 2. The van der Waals surface area contributed by atoms with E-state index >= 15 is 0 Å². The fraction of sp³-hybridized carbons (Fsp3) is 0.381. The zero-order valence-corrected chi connectivity index (χ0v) is 14.8. The van der Waals surface area contributed by atoms with Crippen molar-refractivity contribution in [2.45, 2.75) is 30.4 Å². The van der Waals surface area contributed by atoms with Gasteiger partial charge in [0.15, 0.2) is 0 Å². The van der Waals surface area contributed by atoms with Crippen LogP contribution in [0.3, 0.4) is 0 Å². The molecule has 1 saturated heterocycles. The number of hydrogen-bond acceptors (Lipinski definition) is 3. The van der Waals surface area contributed by atoms with E-state index in [1.54, 1.807) is 7.11 Å². The third kappa shape index (κ3) is 2.72. The molecule has 136 valence electrons. The van der Waals surface area contributed by atoms with E-state index < -0.39 is 0 Å². The highest BCUT2D eigenvalue weighted by Gasteiger charge is 2.53. The van der Waals surface area contributed by atoms with Crippen LogP contribution in [0.15, 0.2) is 48.5 Å². The Kier molecular flexibility index (Phi) is 4.51. The van der Waals surface area contributed by atoms with E-state index in [-0.39, 0.29) is 29.3 Å². The van der Waals surface area contributed by atoms with Crippen LogP contribution >= 0.6 is 0 Å². The normalized spacial score (nSPS) is 23.6. The van der Waals surface area contributed by atoms with Crippen molar-refractivity contribution < 1.29 is 13.9 Å². The predicted octanol–water partition coefficient (Wildman–Crippen LogP) is 2.95. The molecule has 5 heteroatoms. The lowest BCUT2D eigenvalue weighted by molar-refractivity contribution is 0.00397. The van der Waals surface area contributed by atoms with E-state index in [0.29, 0.717) is 5.56 Å². The van der Waals surface area contributed by atoms with Gasteiger partial charge in [-0.1, -0.05) is 24.3 Å². The average Bonchev–Trinajstić information content (AvgIpc) is 2.92. The van der Waals surface area contributed by atoms with Crippen molar-refractivity contribution in [2.24, 2.45) is 0 Å². The number of nitrogens with one attached hydrogen (secondary N) is 2. The summed E-state index contributed by atoms with van der Waals surface area (Å²) in [6.45, 7) is 1.87. The van der Waals surface area contributed by atoms with Crippen molar-refractivity contribution in [3.05, 3.63) is 71.0 Å². The molecule has 4 rings (SSSR count). The highest BCUT2D eigenvalue weighted by atomic mass is 19.1. The summed E-state index contributed by atoms with van der Waals surface area (Å²) in [4.78, 5) is 12.8. The zero-order chi connectivity index (χ0) is 18.1. The number of halogens is 1. The fourth-order valence-electron chi connectivity index (χ4n) is 4.62. The molecule has 4 nitrogen and oxygen atoms in total. The smallest absolute Gasteiger partial charge is 0.251 e. The minimum Gasteiger partial charge on any atom is -0.378 e. The van der Waals surface area contributed by atoms with Crippen molar-refractivity contribution in [1.29, 1.82) is 0 Å². The van der Waals surface area contributed by atoms with Crippen molar-refractivity contribution >= 4 is 5.91 Å². The molecule has 2 aromatic rings. The second-order valence-corrected chi connectivity index (χ2v) is 7.11. The van der Waals surface area contributed by atoms with Crippen molar-refractivity contribution in [1.82, 2.24) is 10.6 Å². The lowest BCUT2D eigenvalue weighted by atomic mass is 9.72. The van der Waals surface area contributed by atoms with Crippen LogP contribution in [0.4, 0.5) is 4.39 Å². The number of rotatable bonds is 3. The molecule has 0 bridgehead atoms. The molecule has 0 aromatic heterocycles. The molecule has 26 heavy (non-hydrogen) atoms. The maximum Gasteiger partial charge on any atom is 0.251 e. The standard InChI is InChI=1S/C21H23FN2O2/c1-26-19-18(24-20(25)14-6-8-15(22)9-7-14)16-4-2-3-5-17(16)21(19)10-12-23-13-11-21/h2-9,18-19,23H,10-13H2,1H3,(H,24,25). The van der Waals surface area contributed by atoms with Crippen LogP contribution in [-0.2, 0) is 10.2 Å². The Labute approximate surface area is 152 Å². The Bertz CT molecular complexity index is 800. The topological polar surface area (TPSA) is 50.4 Å². The first-order chi connectivity index (χ1) is 12.7. The number of carbonyl (C=O) groups excluding carboxylic acids is 1. The fourth-order valence-corrected chi connectivity index (χ4v) is 4.62. The Morgan fingerprint density at radius 2 is 1.85 bits per heavy atom. The van der Waals surface area contributed by atoms with Gasteiger partial charge >= 0.3 is 0 Å². The first-order valence-electron chi connectivity index (χ1n) is 9.05. The molecule has 1 aliphatic carbocycles. The van der Waals surface area contributed by atoms with Gasteiger partial charge in [-0.25, -0.2) is 4.39 Å². The summed E-state index contributed by atoms with van der Waals surface area (Å²) in [6.07, 6.45) is 1.84. The summed E-state index contributed by atoms with van der Waals surface area (Å²) in [5.74, 6) is -0.561. The molecule has 2 aromatic carbocycles. The monoisotopic (exact) mass is 354 g/mol. The minimum atomic E-state index is -0.351. The van der Waals surface area contributed by atoms with Crippen LogP contribution in [0.2, 0.25) is 0 Å². The maximum atomic E-state index is 13.1. The Hall–Kier alpha value is -2.24. The van der Waals surface area contributed by atoms with Crippen LogP contribution in [0, 0.1) is 5.82 Å². The minimum absolute atomic E-state index is 0.0860. The summed E-state index contributed by atoms with van der Waals surface area (Å²) >= 11 is 0. The molecule has 1 heterocycles. The summed E-state index contributed by atoms with van der Waals surface area (Å²) in [6, 6.07) is 13.7. The van der Waals surface area contributed by atoms with Gasteiger partial charge in [0, 0.05) is 18.1 Å². The quantitative estimate of drug-likeness (QED) is 0.891. The average molecular weight is 354 g/mol. The molecular weight excluding hydrogens is 331 g/mol. The summed E-state index contributed by atoms with van der Waals surface area (Å²) < 4.78 is 19.1. The van der Waals surface area contributed by atoms with Gasteiger partial charge in [0.05, 0.1) is 12.1 Å². The number of ether oxygens (including phenoxy) is 1. The largest absolute Gasteiger partial charge is 0.378 e. The second-order valence-electron chi connectivity index (χ2n) is 7.11. The molecule has 2 unspecified atom stereocenters. The van der Waals surface area contributed by atoms with Gasteiger partial charge in [-0.2, -0.15) is 0 Å². The van der Waals surface area contributed by atoms with Gasteiger partial charge in [0.25, 0.3) is 5.91 Å². The van der Waals surface area contributed by atoms with Gasteiger partial charge in [0.1, 0.15) is 5.82 Å². The number of piperidine rings is 1. The van der Waals surface area contributed by atoms with E-state index in [1.807, 2.05) is 6.07 Å².